The molecule has 0 aliphatic rings. The van der Waals surface area contributed by atoms with Gasteiger partial charge in [0.1, 0.15) is 0 Å². The summed E-state index contributed by atoms with van der Waals surface area (Å²) in [6.07, 6.45) is 6.33. The van der Waals surface area contributed by atoms with Crippen LogP contribution in [0.4, 0.5) is 0 Å². The van der Waals surface area contributed by atoms with Gasteiger partial charge in [0, 0.05) is 44.0 Å². The molecule has 1 unspecified atom stereocenters. The van der Waals surface area contributed by atoms with Crippen LogP contribution in [0.25, 0.3) is 0 Å². The Morgan fingerprint density at radius 1 is 1.33 bits per heavy atom. The highest BCUT2D eigenvalue weighted by Gasteiger charge is 2.25. The molecule has 21 heavy (non-hydrogen) atoms. The summed E-state index contributed by atoms with van der Waals surface area (Å²) in [5, 5.41) is 4.46. The molecule has 0 spiro atoms. The molecule has 0 fully saturated rings. The van der Waals surface area contributed by atoms with E-state index in [2.05, 4.69) is 43.9 Å². The molecular formula is C16H32N4O. The van der Waals surface area contributed by atoms with Gasteiger partial charge in [0.05, 0.1) is 18.8 Å². The molecule has 0 aliphatic heterocycles. The molecule has 0 aromatic carbocycles. The Kier molecular flexibility index (Phi) is 7.93. The van der Waals surface area contributed by atoms with Crippen LogP contribution in [0.2, 0.25) is 0 Å². The van der Waals surface area contributed by atoms with Crippen LogP contribution in [0.3, 0.4) is 0 Å². The average molecular weight is 296 g/mol. The van der Waals surface area contributed by atoms with Crippen molar-refractivity contribution in [2.45, 2.75) is 58.7 Å². The van der Waals surface area contributed by atoms with E-state index < -0.39 is 0 Å². The molecule has 5 heteroatoms. The Balaban J connectivity index is 2.98. The first-order valence-corrected chi connectivity index (χ1v) is 8.07. The van der Waals surface area contributed by atoms with E-state index in [4.69, 9.17) is 10.5 Å². The smallest absolute Gasteiger partial charge is 0.0590 e. The molecule has 0 aliphatic carbocycles. The van der Waals surface area contributed by atoms with Crippen molar-refractivity contribution in [3.8, 4) is 0 Å². The molecule has 1 atom stereocenters. The van der Waals surface area contributed by atoms with Gasteiger partial charge in [-0.2, -0.15) is 5.10 Å². The molecular weight excluding hydrogens is 264 g/mol. The zero-order valence-corrected chi connectivity index (χ0v) is 14.2. The van der Waals surface area contributed by atoms with Crippen LogP contribution >= 0.6 is 0 Å². The highest BCUT2D eigenvalue weighted by molar-refractivity contribution is 5.12. The lowest BCUT2D eigenvalue weighted by molar-refractivity contribution is 0.0817. The van der Waals surface area contributed by atoms with Gasteiger partial charge in [-0.25, -0.2) is 0 Å². The number of ether oxygens (including phenoxy) is 1. The second kappa shape index (κ2) is 9.18. The largest absolute Gasteiger partial charge is 0.383 e. The van der Waals surface area contributed by atoms with Crippen molar-refractivity contribution in [1.29, 1.82) is 0 Å². The Morgan fingerprint density at radius 2 is 2.00 bits per heavy atom. The topological polar surface area (TPSA) is 56.3 Å². The van der Waals surface area contributed by atoms with Crippen molar-refractivity contribution in [2.75, 3.05) is 26.8 Å². The van der Waals surface area contributed by atoms with Crippen molar-refractivity contribution >= 4 is 0 Å². The van der Waals surface area contributed by atoms with Crippen LogP contribution in [0.15, 0.2) is 12.4 Å². The SMILES string of the molecule is CCC(CC)N(CCOC)C(CN)c1cnn(C(C)C)c1. The third-order valence-electron chi connectivity index (χ3n) is 4.12. The molecule has 1 aromatic heterocycles. The van der Waals surface area contributed by atoms with Crippen molar-refractivity contribution in [2.24, 2.45) is 5.73 Å². The number of hydrogen-bond acceptors (Lipinski definition) is 4. The first kappa shape index (κ1) is 18.1. The van der Waals surface area contributed by atoms with Gasteiger partial charge in [0.25, 0.3) is 0 Å². The summed E-state index contributed by atoms with van der Waals surface area (Å²) in [5.41, 5.74) is 7.29. The lowest BCUT2D eigenvalue weighted by Crippen LogP contribution is -2.42. The van der Waals surface area contributed by atoms with Gasteiger partial charge in [-0.05, 0) is 26.7 Å². The van der Waals surface area contributed by atoms with Crippen LogP contribution in [-0.2, 0) is 4.74 Å². The fourth-order valence-electron chi connectivity index (χ4n) is 2.82. The van der Waals surface area contributed by atoms with Crippen molar-refractivity contribution < 1.29 is 4.74 Å². The van der Waals surface area contributed by atoms with Gasteiger partial charge in [-0.3, -0.25) is 9.58 Å². The molecule has 1 rings (SSSR count). The molecule has 1 aromatic rings. The van der Waals surface area contributed by atoms with Gasteiger partial charge in [-0.1, -0.05) is 13.8 Å². The van der Waals surface area contributed by atoms with Crippen molar-refractivity contribution in [1.82, 2.24) is 14.7 Å². The standard InChI is InChI=1S/C16H32N4O/c1-6-15(7-2)19(8-9-21-5)16(10-17)14-11-18-20(12-14)13(3)4/h11-13,15-16H,6-10,17H2,1-5H3. The van der Waals surface area contributed by atoms with Gasteiger partial charge >= 0.3 is 0 Å². The average Bonchev–Trinajstić information content (AvgIpc) is 2.96. The van der Waals surface area contributed by atoms with E-state index in [9.17, 15) is 0 Å². The lowest BCUT2D eigenvalue weighted by atomic mass is 10.0. The summed E-state index contributed by atoms with van der Waals surface area (Å²) >= 11 is 0. The molecule has 2 N–H and O–H groups in total. The summed E-state index contributed by atoms with van der Waals surface area (Å²) in [4.78, 5) is 2.48. The van der Waals surface area contributed by atoms with E-state index in [1.807, 2.05) is 10.9 Å². The zero-order chi connectivity index (χ0) is 15.8. The number of nitrogens with two attached hydrogens (primary N) is 1. The maximum absolute atomic E-state index is 6.09. The van der Waals surface area contributed by atoms with Crippen LogP contribution in [0, 0.1) is 0 Å². The van der Waals surface area contributed by atoms with Gasteiger partial charge in [0.2, 0.25) is 0 Å². The van der Waals surface area contributed by atoms with E-state index >= 15 is 0 Å². The molecule has 0 bridgehead atoms. The van der Waals surface area contributed by atoms with Crippen LogP contribution in [0.1, 0.15) is 58.2 Å². The van der Waals surface area contributed by atoms with E-state index in [-0.39, 0.29) is 6.04 Å². The first-order chi connectivity index (χ1) is 10.1. The summed E-state index contributed by atoms with van der Waals surface area (Å²) in [7, 11) is 1.75. The van der Waals surface area contributed by atoms with Crippen LogP contribution < -0.4 is 5.73 Å². The number of hydrogen-bond donors (Lipinski definition) is 1. The Bertz CT molecular complexity index is 387. The normalized spacial score (nSPS) is 13.6. The van der Waals surface area contributed by atoms with Crippen molar-refractivity contribution in [3.05, 3.63) is 18.0 Å². The zero-order valence-electron chi connectivity index (χ0n) is 14.2. The minimum atomic E-state index is 0.206. The number of rotatable bonds is 10. The predicted octanol–water partition coefficient (Wildman–Crippen LogP) is 2.60. The highest BCUT2D eigenvalue weighted by Crippen LogP contribution is 2.25. The quantitative estimate of drug-likeness (QED) is 0.721. The number of methoxy groups -OCH3 is 1. The van der Waals surface area contributed by atoms with E-state index in [0.717, 1.165) is 26.0 Å². The summed E-state index contributed by atoms with van der Waals surface area (Å²) in [6.45, 7) is 11.0. The van der Waals surface area contributed by atoms with Gasteiger partial charge in [0.15, 0.2) is 0 Å². The molecule has 0 saturated heterocycles. The lowest BCUT2D eigenvalue weighted by Gasteiger charge is -2.36. The van der Waals surface area contributed by atoms with E-state index in [1.54, 1.807) is 7.11 Å². The Labute approximate surface area is 129 Å². The summed E-state index contributed by atoms with van der Waals surface area (Å²) in [5.74, 6) is 0. The molecule has 5 nitrogen and oxygen atoms in total. The van der Waals surface area contributed by atoms with E-state index in [0.29, 0.717) is 18.6 Å². The minimum Gasteiger partial charge on any atom is -0.383 e. The Hall–Kier alpha value is -0.910. The van der Waals surface area contributed by atoms with Crippen LogP contribution in [-0.4, -0.2) is 47.5 Å². The maximum Gasteiger partial charge on any atom is 0.0590 e. The second-order valence-electron chi connectivity index (χ2n) is 5.80. The van der Waals surface area contributed by atoms with E-state index in [1.165, 1.54) is 5.56 Å². The molecule has 0 amide bonds. The molecule has 0 saturated carbocycles. The fraction of sp³-hybridized carbons (Fsp3) is 0.812. The van der Waals surface area contributed by atoms with Crippen molar-refractivity contribution in [3.63, 3.8) is 0 Å². The summed E-state index contributed by atoms with van der Waals surface area (Å²) in [6, 6.07) is 1.10. The third-order valence-corrected chi connectivity index (χ3v) is 4.12. The van der Waals surface area contributed by atoms with Gasteiger partial charge in [-0.15, -0.1) is 0 Å². The van der Waals surface area contributed by atoms with Crippen LogP contribution in [0.5, 0.6) is 0 Å². The molecule has 0 radical (unpaired) electrons. The number of aromatic nitrogens is 2. The Morgan fingerprint density at radius 3 is 2.43 bits per heavy atom. The first-order valence-electron chi connectivity index (χ1n) is 8.07. The molecule has 1 heterocycles. The van der Waals surface area contributed by atoms with Gasteiger partial charge < -0.3 is 10.5 Å². The fourth-order valence-corrected chi connectivity index (χ4v) is 2.82. The maximum atomic E-state index is 6.09. The second-order valence-corrected chi connectivity index (χ2v) is 5.80. The highest BCUT2D eigenvalue weighted by atomic mass is 16.5. The predicted molar refractivity (Wildman–Crippen MR) is 87.4 cm³/mol. The third kappa shape index (κ3) is 4.80. The monoisotopic (exact) mass is 296 g/mol. The summed E-state index contributed by atoms with van der Waals surface area (Å²) < 4.78 is 7.28. The molecule has 122 valence electrons. The minimum absolute atomic E-state index is 0.206. The number of nitrogens with zero attached hydrogens (tertiary/aromatic N) is 3.